The fourth-order valence-corrected chi connectivity index (χ4v) is 2.85. The second-order valence-corrected chi connectivity index (χ2v) is 6.51. The van der Waals surface area contributed by atoms with Gasteiger partial charge in [-0.2, -0.15) is 0 Å². The number of hydrogen-bond acceptors (Lipinski definition) is 4. The molecular weight excluding hydrogens is 264 g/mol. The molecule has 3 N–H and O–H groups in total. The average Bonchev–Trinajstić information content (AvgIpc) is 2.39. The van der Waals surface area contributed by atoms with E-state index in [-0.39, 0.29) is 4.90 Å². The molecule has 0 saturated carbocycles. The number of ether oxygens (including phenoxy) is 1. The maximum Gasteiger partial charge on any atom is 0.238 e. The molecule has 1 unspecified atom stereocenters. The molecule has 1 fully saturated rings. The van der Waals surface area contributed by atoms with E-state index in [1.165, 1.54) is 12.1 Å². The first-order valence-electron chi connectivity index (χ1n) is 6.44. The van der Waals surface area contributed by atoms with Crippen LogP contribution in [0.15, 0.2) is 29.2 Å². The van der Waals surface area contributed by atoms with Crippen LogP contribution in [0.1, 0.15) is 19.8 Å². The zero-order chi connectivity index (χ0) is 13.9. The molecule has 19 heavy (non-hydrogen) atoms. The Bertz CT molecular complexity index is 507. The zero-order valence-electron chi connectivity index (χ0n) is 11.0. The summed E-state index contributed by atoms with van der Waals surface area (Å²) in [6.45, 7) is 3.78. The Kier molecular flexibility index (Phi) is 4.44. The summed E-state index contributed by atoms with van der Waals surface area (Å²) in [6, 6.07) is 6.87. The Hall–Kier alpha value is -1.11. The van der Waals surface area contributed by atoms with Gasteiger partial charge in [-0.25, -0.2) is 13.6 Å². The molecule has 2 rings (SSSR count). The summed E-state index contributed by atoms with van der Waals surface area (Å²) in [5.41, 5.74) is 0.909. The summed E-state index contributed by atoms with van der Waals surface area (Å²) < 4.78 is 27.7. The fourth-order valence-electron chi connectivity index (χ4n) is 2.34. The van der Waals surface area contributed by atoms with Crippen molar-refractivity contribution in [3.63, 3.8) is 0 Å². The van der Waals surface area contributed by atoms with Crippen LogP contribution in [0.2, 0.25) is 0 Å². The zero-order valence-corrected chi connectivity index (χ0v) is 11.8. The topological polar surface area (TPSA) is 81.4 Å². The average molecular weight is 284 g/mol. The van der Waals surface area contributed by atoms with Crippen LogP contribution < -0.4 is 10.5 Å². The molecule has 0 spiro atoms. The molecular formula is C13H20N2O3S. The van der Waals surface area contributed by atoms with Crippen molar-refractivity contribution in [1.29, 1.82) is 0 Å². The third-order valence-corrected chi connectivity index (χ3v) is 4.48. The largest absolute Gasteiger partial charge is 0.382 e. The van der Waals surface area contributed by atoms with Gasteiger partial charge in [0.2, 0.25) is 10.0 Å². The third-order valence-electron chi connectivity index (χ3n) is 3.55. The smallest absolute Gasteiger partial charge is 0.238 e. The molecule has 0 aromatic heterocycles. The summed E-state index contributed by atoms with van der Waals surface area (Å²) in [5.74, 6) is 0.590. The van der Waals surface area contributed by atoms with E-state index in [4.69, 9.17) is 9.88 Å². The van der Waals surface area contributed by atoms with E-state index in [0.717, 1.165) is 31.7 Å². The summed E-state index contributed by atoms with van der Waals surface area (Å²) in [5, 5.41) is 8.46. The molecule has 1 aromatic rings. The van der Waals surface area contributed by atoms with E-state index in [1.807, 2.05) is 0 Å². The highest BCUT2D eigenvalue weighted by Gasteiger charge is 2.20. The van der Waals surface area contributed by atoms with E-state index < -0.39 is 10.0 Å². The van der Waals surface area contributed by atoms with Crippen LogP contribution in [-0.2, 0) is 14.8 Å². The molecule has 0 bridgehead atoms. The number of hydrogen-bond donors (Lipinski definition) is 2. The Balaban J connectivity index is 1.99. The van der Waals surface area contributed by atoms with Crippen molar-refractivity contribution < 1.29 is 13.2 Å². The number of anilines is 1. The van der Waals surface area contributed by atoms with Gasteiger partial charge >= 0.3 is 0 Å². The monoisotopic (exact) mass is 284 g/mol. The van der Waals surface area contributed by atoms with Gasteiger partial charge in [0.15, 0.2) is 0 Å². The van der Waals surface area contributed by atoms with Gasteiger partial charge in [0.05, 0.1) is 4.90 Å². The highest BCUT2D eigenvalue weighted by Crippen LogP contribution is 2.22. The molecule has 0 radical (unpaired) electrons. The number of primary sulfonamides is 1. The van der Waals surface area contributed by atoms with E-state index in [1.54, 1.807) is 12.1 Å². The van der Waals surface area contributed by atoms with E-state index in [9.17, 15) is 8.42 Å². The summed E-state index contributed by atoms with van der Waals surface area (Å²) in [7, 11) is -3.61. The predicted molar refractivity (Wildman–Crippen MR) is 74.4 cm³/mol. The molecule has 1 aromatic carbocycles. The highest BCUT2D eigenvalue weighted by atomic mass is 32.2. The third kappa shape index (κ3) is 3.92. The molecule has 6 heteroatoms. The first-order chi connectivity index (χ1) is 8.97. The minimum Gasteiger partial charge on any atom is -0.382 e. The fraction of sp³-hybridized carbons (Fsp3) is 0.538. The van der Waals surface area contributed by atoms with Crippen molar-refractivity contribution in [2.75, 3.05) is 18.5 Å². The Morgan fingerprint density at radius 2 is 1.84 bits per heavy atom. The van der Waals surface area contributed by atoms with Crippen LogP contribution in [0.5, 0.6) is 0 Å². The molecule has 1 atom stereocenters. The lowest BCUT2D eigenvalue weighted by molar-refractivity contribution is 0.0622. The number of benzene rings is 1. The summed E-state index contributed by atoms with van der Waals surface area (Å²) in [4.78, 5) is 0.136. The number of nitrogens with two attached hydrogens (primary N) is 1. The van der Waals surface area contributed by atoms with Crippen LogP contribution in [0.25, 0.3) is 0 Å². The van der Waals surface area contributed by atoms with Crippen LogP contribution in [0.3, 0.4) is 0 Å². The van der Waals surface area contributed by atoms with Crippen molar-refractivity contribution in [2.24, 2.45) is 11.1 Å². The standard InChI is InChI=1S/C13H20N2O3S/c1-10(11-6-8-18-9-7-11)15-12-2-4-13(5-3-12)19(14,16)17/h2-5,10-11,15H,6-9H2,1H3,(H2,14,16,17). The van der Waals surface area contributed by atoms with E-state index in [0.29, 0.717) is 12.0 Å². The normalized spacial score (nSPS) is 19.1. The number of nitrogens with one attached hydrogen (secondary N) is 1. The molecule has 1 heterocycles. The van der Waals surface area contributed by atoms with Gasteiger partial charge in [-0.05, 0) is 49.9 Å². The van der Waals surface area contributed by atoms with E-state index in [2.05, 4.69) is 12.2 Å². The van der Waals surface area contributed by atoms with Gasteiger partial charge in [0.25, 0.3) is 0 Å². The molecule has 1 aliphatic rings. The quantitative estimate of drug-likeness (QED) is 0.879. The van der Waals surface area contributed by atoms with Gasteiger partial charge in [0, 0.05) is 24.9 Å². The molecule has 0 amide bonds. The second-order valence-electron chi connectivity index (χ2n) is 4.95. The Labute approximate surface area is 114 Å². The lowest BCUT2D eigenvalue weighted by Crippen LogP contribution is -2.30. The molecule has 1 saturated heterocycles. The molecule has 1 aliphatic heterocycles. The van der Waals surface area contributed by atoms with Gasteiger partial charge < -0.3 is 10.1 Å². The minimum atomic E-state index is -3.61. The first kappa shape index (κ1) is 14.3. The van der Waals surface area contributed by atoms with Crippen LogP contribution in [0, 0.1) is 5.92 Å². The Morgan fingerprint density at radius 3 is 2.37 bits per heavy atom. The maximum absolute atomic E-state index is 11.2. The van der Waals surface area contributed by atoms with Crippen molar-refractivity contribution >= 4 is 15.7 Å². The van der Waals surface area contributed by atoms with Crippen LogP contribution >= 0.6 is 0 Å². The first-order valence-corrected chi connectivity index (χ1v) is 7.98. The van der Waals surface area contributed by atoms with Crippen LogP contribution in [0.4, 0.5) is 5.69 Å². The minimum absolute atomic E-state index is 0.136. The van der Waals surface area contributed by atoms with Crippen molar-refractivity contribution in [1.82, 2.24) is 0 Å². The second kappa shape index (κ2) is 5.90. The van der Waals surface area contributed by atoms with Gasteiger partial charge in [-0.15, -0.1) is 0 Å². The SMILES string of the molecule is CC(Nc1ccc(S(N)(=O)=O)cc1)C1CCOCC1. The maximum atomic E-state index is 11.2. The summed E-state index contributed by atoms with van der Waals surface area (Å²) >= 11 is 0. The number of sulfonamides is 1. The van der Waals surface area contributed by atoms with Crippen molar-refractivity contribution in [3.8, 4) is 0 Å². The van der Waals surface area contributed by atoms with Gasteiger partial charge in [0.1, 0.15) is 0 Å². The predicted octanol–water partition coefficient (Wildman–Crippen LogP) is 1.56. The number of rotatable bonds is 4. The lowest BCUT2D eigenvalue weighted by Gasteiger charge is -2.29. The molecule has 0 aliphatic carbocycles. The lowest BCUT2D eigenvalue weighted by atomic mass is 9.93. The Morgan fingerprint density at radius 1 is 1.26 bits per heavy atom. The van der Waals surface area contributed by atoms with E-state index >= 15 is 0 Å². The van der Waals surface area contributed by atoms with Gasteiger partial charge in [-0.1, -0.05) is 0 Å². The van der Waals surface area contributed by atoms with Crippen molar-refractivity contribution in [2.45, 2.75) is 30.7 Å². The van der Waals surface area contributed by atoms with Crippen molar-refractivity contribution in [3.05, 3.63) is 24.3 Å². The van der Waals surface area contributed by atoms with Gasteiger partial charge in [-0.3, -0.25) is 0 Å². The highest BCUT2D eigenvalue weighted by molar-refractivity contribution is 7.89. The molecule has 5 nitrogen and oxygen atoms in total. The molecule has 106 valence electrons. The summed E-state index contributed by atoms with van der Waals surface area (Å²) in [6.07, 6.45) is 2.12. The van der Waals surface area contributed by atoms with Crippen LogP contribution in [-0.4, -0.2) is 27.7 Å².